The highest BCUT2D eigenvalue weighted by Gasteiger charge is 2.19. The lowest BCUT2D eigenvalue weighted by Gasteiger charge is -2.02. The minimum atomic E-state index is 1.02. The number of benzene rings is 2. The van der Waals surface area contributed by atoms with Gasteiger partial charge in [0.2, 0.25) is 0 Å². The van der Waals surface area contributed by atoms with Gasteiger partial charge in [0.05, 0.1) is 0 Å². The summed E-state index contributed by atoms with van der Waals surface area (Å²) in [6.07, 6.45) is 9.74. The second kappa shape index (κ2) is 5.75. The molecule has 0 fully saturated rings. The first-order valence-electron chi connectivity index (χ1n) is 7.06. The van der Waals surface area contributed by atoms with Crippen molar-refractivity contribution < 1.29 is 0 Å². The van der Waals surface area contributed by atoms with Crippen molar-refractivity contribution in [2.75, 3.05) is 0 Å². The number of hydrogen-bond acceptors (Lipinski definition) is 0. The molecule has 0 heteroatoms. The molecule has 0 heterocycles. The van der Waals surface area contributed by atoms with E-state index in [1.54, 1.807) is 0 Å². The number of rotatable bonds is 2. The molecular weight excluding hydrogens is 240 g/mol. The molecule has 0 saturated heterocycles. The van der Waals surface area contributed by atoms with Crippen molar-refractivity contribution in [3.8, 4) is 0 Å². The maximum atomic E-state index is 2.30. The van der Waals surface area contributed by atoms with E-state index in [-0.39, 0.29) is 0 Å². The summed E-state index contributed by atoms with van der Waals surface area (Å²) in [5.41, 5.74) is 6.80. The third kappa shape index (κ3) is 2.50. The third-order valence-electron chi connectivity index (χ3n) is 3.63. The predicted octanol–water partition coefficient (Wildman–Crippen LogP) is 5.29. The van der Waals surface area contributed by atoms with Crippen molar-refractivity contribution >= 4 is 11.6 Å². The summed E-state index contributed by atoms with van der Waals surface area (Å²) < 4.78 is 0. The zero-order valence-electron chi connectivity index (χ0n) is 11.7. The molecule has 0 atom stereocenters. The average molecular weight is 258 g/mol. The molecule has 0 aromatic heterocycles. The lowest BCUT2D eigenvalue weighted by Crippen LogP contribution is -1.81. The molecule has 0 nitrogen and oxygen atoms in total. The van der Waals surface area contributed by atoms with Crippen molar-refractivity contribution in [1.82, 2.24) is 0 Å². The lowest BCUT2D eigenvalue weighted by molar-refractivity contribution is 1.28. The summed E-state index contributed by atoms with van der Waals surface area (Å²) in [7, 11) is 0. The van der Waals surface area contributed by atoms with Crippen LogP contribution < -0.4 is 0 Å². The summed E-state index contributed by atoms with van der Waals surface area (Å²) in [4.78, 5) is 0. The Morgan fingerprint density at radius 2 is 1.65 bits per heavy atom. The van der Waals surface area contributed by atoms with Gasteiger partial charge in [0.1, 0.15) is 0 Å². The molecule has 2 aromatic rings. The number of fused-ring (bicyclic) bond motifs is 1. The van der Waals surface area contributed by atoms with Gasteiger partial charge in [0.15, 0.2) is 0 Å². The zero-order valence-corrected chi connectivity index (χ0v) is 11.7. The van der Waals surface area contributed by atoms with Crippen LogP contribution in [0.2, 0.25) is 0 Å². The van der Waals surface area contributed by atoms with Gasteiger partial charge < -0.3 is 0 Å². The molecule has 0 radical (unpaired) electrons. The molecule has 0 saturated carbocycles. The van der Waals surface area contributed by atoms with Crippen LogP contribution in [0.25, 0.3) is 11.6 Å². The smallest absolute Gasteiger partial charge is 0.00132 e. The first-order chi connectivity index (χ1) is 9.88. The van der Waals surface area contributed by atoms with E-state index in [9.17, 15) is 0 Å². The predicted molar refractivity (Wildman–Crippen MR) is 87.4 cm³/mol. The summed E-state index contributed by atoms with van der Waals surface area (Å²) in [5, 5.41) is 0. The molecule has 1 aliphatic carbocycles. The molecule has 2 aromatic carbocycles. The van der Waals surface area contributed by atoms with Gasteiger partial charge in [-0.2, -0.15) is 0 Å². The summed E-state index contributed by atoms with van der Waals surface area (Å²) >= 11 is 0. The highest BCUT2D eigenvalue weighted by atomic mass is 14.2. The Balaban J connectivity index is 2.07. The number of hydrogen-bond donors (Lipinski definition) is 0. The van der Waals surface area contributed by atoms with E-state index in [1.807, 2.05) is 0 Å². The molecule has 0 N–H and O–H groups in total. The normalized spacial score (nSPS) is 18.1. The van der Waals surface area contributed by atoms with Crippen molar-refractivity contribution in [2.45, 2.75) is 13.3 Å². The van der Waals surface area contributed by atoms with Gasteiger partial charge in [-0.25, -0.2) is 0 Å². The van der Waals surface area contributed by atoms with Crippen molar-refractivity contribution in [3.05, 3.63) is 95.1 Å². The maximum Gasteiger partial charge on any atom is -0.00132 e. The van der Waals surface area contributed by atoms with Gasteiger partial charge in [-0.1, -0.05) is 78.9 Å². The van der Waals surface area contributed by atoms with Gasteiger partial charge in [-0.05, 0) is 41.2 Å². The fraction of sp³-hybridized carbons (Fsp3) is 0.100. The van der Waals surface area contributed by atoms with Crippen molar-refractivity contribution in [2.24, 2.45) is 0 Å². The summed E-state index contributed by atoms with van der Waals surface area (Å²) in [6.45, 7) is 2.05. The molecule has 20 heavy (non-hydrogen) atoms. The molecule has 0 aliphatic heterocycles. The average Bonchev–Trinajstić information content (AvgIpc) is 2.83. The van der Waals surface area contributed by atoms with Crippen LogP contribution in [0.15, 0.2) is 78.4 Å². The Morgan fingerprint density at radius 3 is 2.45 bits per heavy atom. The monoisotopic (exact) mass is 258 g/mol. The van der Waals surface area contributed by atoms with Crippen LogP contribution in [0.4, 0.5) is 0 Å². The van der Waals surface area contributed by atoms with E-state index in [1.165, 1.54) is 27.8 Å². The molecular formula is C20H18. The van der Waals surface area contributed by atoms with E-state index in [0.717, 1.165) is 6.42 Å². The highest BCUT2D eigenvalue weighted by Crippen LogP contribution is 2.37. The van der Waals surface area contributed by atoms with Crippen molar-refractivity contribution in [3.63, 3.8) is 0 Å². The van der Waals surface area contributed by atoms with Gasteiger partial charge in [-0.3, -0.25) is 0 Å². The van der Waals surface area contributed by atoms with Gasteiger partial charge >= 0.3 is 0 Å². The van der Waals surface area contributed by atoms with E-state index >= 15 is 0 Å². The van der Waals surface area contributed by atoms with Crippen LogP contribution in [0, 0.1) is 0 Å². The van der Waals surface area contributed by atoms with E-state index < -0.39 is 0 Å². The fourth-order valence-corrected chi connectivity index (χ4v) is 2.68. The third-order valence-corrected chi connectivity index (χ3v) is 3.63. The molecule has 0 bridgehead atoms. The SMILES string of the molecule is C/C=C/C=C1\C(=Cc2ccccc2)Cc2ccccc21. The quantitative estimate of drug-likeness (QED) is 0.687. The molecule has 0 amide bonds. The Bertz CT molecular complexity index is 685. The zero-order chi connectivity index (χ0) is 13.8. The second-order valence-electron chi connectivity index (χ2n) is 5.02. The largest absolute Gasteiger partial charge is 0.0876 e. The first-order valence-corrected chi connectivity index (χ1v) is 7.06. The second-order valence-corrected chi connectivity index (χ2v) is 5.02. The van der Waals surface area contributed by atoms with Crippen LogP contribution >= 0.6 is 0 Å². The highest BCUT2D eigenvalue weighted by molar-refractivity contribution is 5.91. The van der Waals surface area contributed by atoms with Gasteiger partial charge in [0.25, 0.3) is 0 Å². The van der Waals surface area contributed by atoms with Crippen LogP contribution in [0.5, 0.6) is 0 Å². The fourth-order valence-electron chi connectivity index (χ4n) is 2.68. The van der Waals surface area contributed by atoms with Crippen LogP contribution in [0.3, 0.4) is 0 Å². The Morgan fingerprint density at radius 1 is 0.900 bits per heavy atom. The van der Waals surface area contributed by atoms with Gasteiger partial charge in [-0.15, -0.1) is 0 Å². The molecule has 1 aliphatic rings. The molecule has 98 valence electrons. The van der Waals surface area contributed by atoms with E-state index in [0.29, 0.717) is 0 Å². The summed E-state index contributed by atoms with van der Waals surface area (Å²) in [6, 6.07) is 19.2. The number of allylic oxidation sites excluding steroid dienone is 5. The van der Waals surface area contributed by atoms with E-state index in [2.05, 4.69) is 85.8 Å². The molecule has 0 spiro atoms. The Kier molecular flexibility index (Phi) is 3.64. The standard InChI is InChI=1S/C20H18/c1-2-3-12-20-18(14-16-9-5-4-6-10-16)15-17-11-7-8-13-19(17)20/h2-14H,15H2,1H3/b3-2+,18-14?,20-12+. The lowest BCUT2D eigenvalue weighted by atomic mass is 10.0. The topological polar surface area (TPSA) is 0 Å². The Labute approximate surface area is 120 Å². The maximum absolute atomic E-state index is 2.30. The van der Waals surface area contributed by atoms with Gasteiger partial charge in [0, 0.05) is 0 Å². The minimum Gasteiger partial charge on any atom is -0.0876 e. The Hall–Kier alpha value is -2.34. The molecule has 3 rings (SSSR count). The van der Waals surface area contributed by atoms with Crippen molar-refractivity contribution in [1.29, 1.82) is 0 Å². The molecule has 0 unspecified atom stereocenters. The first kappa shape index (κ1) is 12.7. The summed E-state index contributed by atoms with van der Waals surface area (Å²) in [5.74, 6) is 0. The van der Waals surface area contributed by atoms with Crippen LogP contribution in [-0.4, -0.2) is 0 Å². The van der Waals surface area contributed by atoms with E-state index in [4.69, 9.17) is 0 Å². The van der Waals surface area contributed by atoms with Crippen LogP contribution in [-0.2, 0) is 6.42 Å². The van der Waals surface area contributed by atoms with Crippen LogP contribution in [0.1, 0.15) is 23.6 Å². The minimum absolute atomic E-state index is 1.02.